The molecule has 196 valence electrons. The zero-order valence-corrected chi connectivity index (χ0v) is 22.3. The van der Waals surface area contributed by atoms with Gasteiger partial charge in [0.1, 0.15) is 5.75 Å². The lowest BCUT2D eigenvalue weighted by Gasteiger charge is -2.20. The minimum absolute atomic E-state index is 0.0859. The first kappa shape index (κ1) is 25.2. The minimum atomic E-state index is -0.0859. The number of aryl methyl sites for hydroxylation is 1. The fourth-order valence-electron chi connectivity index (χ4n) is 5.04. The van der Waals surface area contributed by atoms with Crippen LogP contribution in [0, 0.1) is 0 Å². The second-order valence-corrected chi connectivity index (χ2v) is 9.22. The first-order valence-corrected chi connectivity index (χ1v) is 12.4. The molecule has 38 heavy (non-hydrogen) atoms. The second kappa shape index (κ2) is 10.5. The van der Waals surface area contributed by atoms with Crippen LogP contribution in [0.15, 0.2) is 54.6 Å². The fraction of sp³-hybridized carbons (Fsp3) is 0.267. The van der Waals surface area contributed by atoms with E-state index in [1.165, 1.54) is 11.1 Å². The van der Waals surface area contributed by atoms with Crippen molar-refractivity contribution in [2.24, 2.45) is 0 Å². The molecule has 0 atom stereocenters. The number of ether oxygens (including phenoxy) is 4. The van der Waals surface area contributed by atoms with Crippen molar-refractivity contribution < 1.29 is 23.7 Å². The van der Waals surface area contributed by atoms with Gasteiger partial charge in [0.2, 0.25) is 5.75 Å². The summed E-state index contributed by atoms with van der Waals surface area (Å²) in [5, 5.41) is 7.87. The highest BCUT2D eigenvalue weighted by molar-refractivity contribution is 5.94. The van der Waals surface area contributed by atoms with Gasteiger partial charge in [-0.05, 0) is 66.4 Å². The predicted molar refractivity (Wildman–Crippen MR) is 145 cm³/mol. The maximum atomic E-state index is 13.2. The lowest BCUT2D eigenvalue weighted by atomic mass is 9.87. The van der Waals surface area contributed by atoms with Crippen LogP contribution in [-0.2, 0) is 19.4 Å². The molecule has 0 radical (unpaired) electrons. The third-order valence-corrected chi connectivity index (χ3v) is 6.99. The number of aromatic nitrogens is 2. The summed E-state index contributed by atoms with van der Waals surface area (Å²) in [6, 6.07) is 17.5. The van der Waals surface area contributed by atoms with E-state index in [2.05, 4.69) is 22.3 Å². The molecule has 0 fully saturated rings. The van der Waals surface area contributed by atoms with Gasteiger partial charge in [-0.1, -0.05) is 12.1 Å². The van der Waals surface area contributed by atoms with Gasteiger partial charge in [-0.25, -0.2) is 0 Å². The fourth-order valence-corrected chi connectivity index (χ4v) is 5.04. The van der Waals surface area contributed by atoms with E-state index in [4.69, 9.17) is 18.9 Å². The molecule has 0 bridgehead atoms. The van der Waals surface area contributed by atoms with Crippen molar-refractivity contribution in [2.75, 3.05) is 35.5 Å². The van der Waals surface area contributed by atoms with Crippen LogP contribution in [0.25, 0.3) is 22.5 Å². The summed E-state index contributed by atoms with van der Waals surface area (Å²) < 4.78 is 21.7. The van der Waals surface area contributed by atoms with Crippen molar-refractivity contribution in [2.45, 2.75) is 19.4 Å². The number of amides is 1. The summed E-state index contributed by atoms with van der Waals surface area (Å²) >= 11 is 0. The van der Waals surface area contributed by atoms with E-state index in [0.717, 1.165) is 46.7 Å². The number of H-pyrrole nitrogens is 1. The molecule has 4 aromatic rings. The Morgan fingerprint density at radius 2 is 1.61 bits per heavy atom. The molecule has 8 heteroatoms. The standard InChI is InChI=1S/C30H31N3O5/c1-33(17-18-14-25(36-3)29(38-5)26(15-18)37-4)30(34)20-8-6-19(7-9-20)27-24-12-10-21-16-22(35-2)11-13-23(21)28(24)32-31-27/h6-9,11,13-16H,10,12,17H2,1-5H3,(H,31,32). The van der Waals surface area contributed by atoms with Crippen molar-refractivity contribution in [1.82, 2.24) is 15.1 Å². The summed E-state index contributed by atoms with van der Waals surface area (Å²) in [6.07, 6.45) is 1.81. The van der Waals surface area contributed by atoms with Gasteiger partial charge in [-0.15, -0.1) is 0 Å². The van der Waals surface area contributed by atoms with Crippen LogP contribution in [0.4, 0.5) is 0 Å². The van der Waals surface area contributed by atoms with Crippen molar-refractivity contribution in [3.8, 4) is 45.5 Å². The number of nitrogens with zero attached hydrogens (tertiary/aromatic N) is 2. The Bertz CT molecular complexity index is 1450. The van der Waals surface area contributed by atoms with E-state index in [0.29, 0.717) is 29.4 Å². The Morgan fingerprint density at radius 3 is 2.24 bits per heavy atom. The molecule has 1 aromatic heterocycles. The predicted octanol–water partition coefficient (Wildman–Crippen LogP) is 5.15. The summed E-state index contributed by atoms with van der Waals surface area (Å²) in [5.41, 5.74) is 8.03. The maximum Gasteiger partial charge on any atom is 0.253 e. The van der Waals surface area contributed by atoms with Crippen LogP contribution >= 0.6 is 0 Å². The van der Waals surface area contributed by atoms with Crippen LogP contribution in [0.5, 0.6) is 23.0 Å². The van der Waals surface area contributed by atoms with Crippen LogP contribution in [0.1, 0.15) is 27.0 Å². The molecule has 0 aliphatic heterocycles. The third-order valence-electron chi connectivity index (χ3n) is 6.99. The van der Waals surface area contributed by atoms with Crippen molar-refractivity contribution in [1.29, 1.82) is 0 Å². The Hall–Kier alpha value is -4.46. The third kappa shape index (κ3) is 4.53. The SMILES string of the molecule is COc1ccc2c(c1)CCc1c(-c3ccc(C(=O)N(C)Cc4cc(OC)c(OC)c(OC)c4)cc3)n[nH]c1-2. The van der Waals surface area contributed by atoms with E-state index < -0.39 is 0 Å². The Balaban J connectivity index is 1.34. The zero-order valence-electron chi connectivity index (χ0n) is 22.3. The van der Waals surface area contributed by atoms with E-state index in [1.54, 1.807) is 40.4 Å². The van der Waals surface area contributed by atoms with Crippen LogP contribution in [-0.4, -0.2) is 56.5 Å². The molecule has 8 nitrogen and oxygen atoms in total. The molecule has 0 unspecified atom stereocenters. The van der Waals surface area contributed by atoms with Crippen molar-refractivity contribution in [3.05, 3.63) is 76.9 Å². The zero-order chi connectivity index (χ0) is 26.8. The van der Waals surface area contributed by atoms with Crippen LogP contribution in [0.3, 0.4) is 0 Å². The second-order valence-electron chi connectivity index (χ2n) is 9.22. The summed E-state index contributed by atoms with van der Waals surface area (Å²) in [5.74, 6) is 2.40. The normalized spacial score (nSPS) is 11.8. The molecule has 5 rings (SSSR count). The number of carbonyl (C=O) groups is 1. The van der Waals surface area contributed by atoms with Gasteiger partial charge in [-0.3, -0.25) is 9.89 Å². The highest BCUT2D eigenvalue weighted by Crippen LogP contribution is 2.39. The molecule has 1 amide bonds. The van der Waals surface area contributed by atoms with Gasteiger partial charge in [-0.2, -0.15) is 5.10 Å². The van der Waals surface area contributed by atoms with Gasteiger partial charge < -0.3 is 23.8 Å². The molecule has 1 aliphatic rings. The lowest BCUT2D eigenvalue weighted by molar-refractivity contribution is 0.0785. The number of methoxy groups -OCH3 is 4. The Morgan fingerprint density at radius 1 is 0.895 bits per heavy atom. The highest BCUT2D eigenvalue weighted by atomic mass is 16.5. The molecule has 1 aliphatic carbocycles. The molecule has 1 N–H and O–H groups in total. The summed E-state index contributed by atoms with van der Waals surface area (Å²) in [4.78, 5) is 14.9. The first-order valence-electron chi connectivity index (χ1n) is 12.4. The summed E-state index contributed by atoms with van der Waals surface area (Å²) in [7, 11) is 8.17. The molecule has 3 aromatic carbocycles. The molecular formula is C30H31N3O5. The smallest absolute Gasteiger partial charge is 0.253 e. The molecular weight excluding hydrogens is 482 g/mol. The lowest BCUT2D eigenvalue weighted by Crippen LogP contribution is -2.26. The number of nitrogens with one attached hydrogen (secondary N) is 1. The average Bonchev–Trinajstić information content (AvgIpc) is 3.40. The van der Waals surface area contributed by atoms with Gasteiger partial charge in [0.25, 0.3) is 5.91 Å². The largest absolute Gasteiger partial charge is 0.497 e. The average molecular weight is 514 g/mol. The Kier molecular flexibility index (Phi) is 6.96. The monoisotopic (exact) mass is 513 g/mol. The molecule has 0 saturated carbocycles. The van der Waals surface area contributed by atoms with Crippen molar-refractivity contribution in [3.63, 3.8) is 0 Å². The number of hydrogen-bond acceptors (Lipinski definition) is 6. The molecule has 1 heterocycles. The van der Waals surface area contributed by atoms with Gasteiger partial charge in [0, 0.05) is 35.8 Å². The number of hydrogen-bond donors (Lipinski definition) is 1. The number of aromatic amines is 1. The minimum Gasteiger partial charge on any atom is -0.497 e. The van der Waals surface area contributed by atoms with Crippen molar-refractivity contribution >= 4 is 5.91 Å². The van der Waals surface area contributed by atoms with E-state index in [9.17, 15) is 4.79 Å². The van der Waals surface area contributed by atoms with E-state index in [-0.39, 0.29) is 5.91 Å². The van der Waals surface area contributed by atoms with Gasteiger partial charge in [0.15, 0.2) is 11.5 Å². The van der Waals surface area contributed by atoms with Gasteiger partial charge >= 0.3 is 0 Å². The number of carbonyl (C=O) groups excluding carboxylic acids is 1. The highest BCUT2D eigenvalue weighted by Gasteiger charge is 2.23. The number of rotatable bonds is 8. The number of benzene rings is 3. The molecule has 0 spiro atoms. The van der Waals surface area contributed by atoms with Crippen LogP contribution < -0.4 is 18.9 Å². The van der Waals surface area contributed by atoms with Gasteiger partial charge in [0.05, 0.1) is 39.8 Å². The van der Waals surface area contributed by atoms with E-state index in [1.807, 2.05) is 42.5 Å². The quantitative estimate of drug-likeness (QED) is 0.351. The molecule has 0 saturated heterocycles. The number of fused-ring (bicyclic) bond motifs is 3. The summed E-state index contributed by atoms with van der Waals surface area (Å²) in [6.45, 7) is 0.383. The topological polar surface area (TPSA) is 85.9 Å². The van der Waals surface area contributed by atoms with Crippen LogP contribution in [0.2, 0.25) is 0 Å². The first-order chi connectivity index (χ1) is 18.5. The van der Waals surface area contributed by atoms with E-state index >= 15 is 0 Å². The Labute approximate surface area is 222 Å². The maximum absolute atomic E-state index is 13.2.